The molecule has 4 rings (SSSR count). The first-order valence-electron chi connectivity index (χ1n) is 9.90. The number of carbonyl (C=O) groups excluding carboxylic acids is 1. The second-order valence-corrected chi connectivity index (χ2v) is 8.29. The molecule has 1 saturated carbocycles. The Bertz CT molecular complexity index is 945. The van der Waals surface area contributed by atoms with Crippen molar-refractivity contribution in [2.45, 2.75) is 56.3 Å². The first kappa shape index (κ1) is 18.9. The number of tetrazole rings is 1. The van der Waals surface area contributed by atoms with Crippen molar-refractivity contribution in [3.63, 3.8) is 0 Å². The molecule has 2 aromatic carbocycles. The summed E-state index contributed by atoms with van der Waals surface area (Å²) in [5, 5.41) is 18.3. The quantitative estimate of drug-likeness (QED) is 0.630. The molecule has 1 atom stereocenters. The van der Waals surface area contributed by atoms with Gasteiger partial charge in [0.25, 0.3) is 0 Å². The third-order valence-electron chi connectivity index (χ3n) is 5.38. The number of nitrogens with one attached hydrogen (secondary N) is 1. The van der Waals surface area contributed by atoms with E-state index in [9.17, 15) is 4.79 Å². The third kappa shape index (κ3) is 4.19. The van der Waals surface area contributed by atoms with Gasteiger partial charge in [-0.15, -0.1) is 5.10 Å². The van der Waals surface area contributed by atoms with Gasteiger partial charge in [-0.05, 0) is 46.5 Å². The number of carbonyl (C=O) groups is 1. The van der Waals surface area contributed by atoms with Crippen LogP contribution < -0.4 is 5.32 Å². The average molecular weight is 396 g/mol. The molecule has 1 fully saturated rings. The number of hydrogen-bond donors (Lipinski definition) is 1. The highest BCUT2D eigenvalue weighted by molar-refractivity contribution is 7.99. The number of rotatable bonds is 6. The Balaban J connectivity index is 1.38. The zero-order chi connectivity index (χ0) is 19.3. The molecule has 146 valence electrons. The molecule has 1 aliphatic carbocycles. The fraction of sp³-hybridized carbons (Fsp3) is 0.429. The number of benzene rings is 2. The largest absolute Gasteiger partial charge is 0.349 e. The van der Waals surface area contributed by atoms with E-state index in [0.29, 0.717) is 11.8 Å². The van der Waals surface area contributed by atoms with E-state index in [1.807, 2.05) is 29.8 Å². The Kier molecular flexibility index (Phi) is 5.90. The molecular weight excluding hydrogens is 370 g/mol. The first-order valence-corrected chi connectivity index (χ1v) is 10.9. The molecule has 0 spiro atoms. The van der Waals surface area contributed by atoms with Gasteiger partial charge in [0, 0.05) is 0 Å². The molecule has 3 aromatic rings. The molecule has 1 aliphatic rings. The smallest absolute Gasteiger partial charge is 0.230 e. The highest BCUT2D eigenvalue weighted by atomic mass is 32.2. The summed E-state index contributed by atoms with van der Waals surface area (Å²) in [7, 11) is 0. The molecule has 1 heterocycles. The normalized spacial score (nSPS) is 16.2. The van der Waals surface area contributed by atoms with Crippen LogP contribution in [0.1, 0.15) is 56.7 Å². The van der Waals surface area contributed by atoms with E-state index in [4.69, 9.17) is 0 Å². The summed E-state index contributed by atoms with van der Waals surface area (Å²) in [6.45, 7) is 2.02. The van der Waals surface area contributed by atoms with Crippen molar-refractivity contribution < 1.29 is 4.79 Å². The van der Waals surface area contributed by atoms with Crippen LogP contribution >= 0.6 is 11.8 Å². The standard InChI is InChI=1S/C21H25N5OS/c1-15(18-13-7-9-16-8-5-6-12-19(16)18)22-20(27)14-28-21-23-24-25-26(21)17-10-3-2-4-11-17/h5-9,12-13,15,17H,2-4,10-11,14H2,1H3,(H,22,27). The highest BCUT2D eigenvalue weighted by Gasteiger charge is 2.21. The van der Waals surface area contributed by atoms with Gasteiger partial charge in [0.05, 0.1) is 17.8 Å². The minimum atomic E-state index is -0.0615. The van der Waals surface area contributed by atoms with Crippen LogP contribution in [0.25, 0.3) is 10.8 Å². The lowest BCUT2D eigenvalue weighted by Crippen LogP contribution is -2.28. The zero-order valence-corrected chi connectivity index (χ0v) is 16.9. The van der Waals surface area contributed by atoms with Gasteiger partial charge in [-0.2, -0.15) is 0 Å². The molecule has 0 aliphatic heterocycles. The van der Waals surface area contributed by atoms with Crippen LogP contribution in [-0.4, -0.2) is 31.9 Å². The number of hydrogen-bond acceptors (Lipinski definition) is 5. The first-order chi connectivity index (χ1) is 13.7. The summed E-state index contributed by atoms with van der Waals surface area (Å²) in [4.78, 5) is 12.5. The van der Waals surface area contributed by atoms with Crippen LogP contribution in [0.5, 0.6) is 0 Å². The molecule has 7 heteroatoms. The van der Waals surface area contributed by atoms with Gasteiger partial charge in [-0.25, -0.2) is 4.68 Å². The van der Waals surface area contributed by atoms with Gasteiger partial charge in [-0.3, -0.25) is 4.79 Å². The Morgan fingerprint density at radius 3 is 2.82 bits per heavy atom. The predicted molar refractivity (Wildman–Crippen MR) is 111 cm³/mol. The summed E-state index contributed by atoms with van der Waals surface area (Å²) in [5.41, 5.74) is 1.13. The van der Waals surface area contributed by atoms with Crippen molar-refractivity contribution in [3.05, 3.63) is 48.0 Å². The van der Waals surface area contributed by atoms with E-state index in [-0.39, 0.29) is 11.9 Å². The second-order valence-electron chi connectivity index (χ2n) is 7.34. The van der Waals surface area contributed by atoms with Gasteiger partial charge in [0.15, 0.2) is 0 Å². The maximum atomic E-state index is 12.5. The zero-order valence-electron chi connectivity index (χ0n) is 16.0. The maximum absolute atomic E-state index is 12.5. The summed E-state index contributed by atoms with van der Waals surface area (Å²) < 4.78 is 1.91. The number of amides is 1. The molecule has 1 unspecified atom stereocenters. The molecular formula is C21H25N5OS. The van der Waals surface area contributed by atoms with Crippen molar-refractivity contribution in [1.29, 1.82) is 0 Å². The topological polar surface area (TPSA) is 72.7 Å². The van der Waals surface area contributed by atoms with Crippen molar-refractivity contribution in [2.24, 2.45) is 0 Å². The van der Waals surface area contributed by atoms with Crippen LogP contribution in [0.4, 0.5) is 0 Å². The lowest BCUT2D eigenvalue weighted by Gasteiger charge is -2.22. The Morgan fingerprint density at radius 1 is 1.18 bits per heavy atom. The highest BCUT2D eigenvalue weighted by Crippen LogP contribution is 2.30. The Hall–Kier alpha value is -2.41. The molecule has 0 radical (unpaired) electrons. The van der Waals surface area contributed by atoms with Gasteiger partial charge < -0.3 is 5.32 Å². The number of fused-ring (bicyclic) bond motifs is 1. The number of nitrogens with zero attached hydrogens (tertiary/aromatic N) is 4. The van der Waals surface area contributed by atoms with Crippen LogP contribution in [0.15, 0.2) is 47.6 Å². The van der Waals surface area contributed by atoms with Gasteiger partial charge >= 0.3 is 0 Å². The van der Waals surface area contributed by atoms with Crippen molar-refractivity contribution in [2.75, 3.05) is 5.75 Å². The van der Waals surface area contributed by atoms with Gasteiger partial charge in [0.2, 0.25) is 11.1 Å². The van der Waals surface area contributed by atoms with Crippen LogP contribution in [0.2, 0.25) is 0 Å². The van der Waals surface area contributed by atoms with Gasteiger partial charge in [0.1, 0.15) is 0 Å². The van der Waals surface area contributed by atoms with E-state index in [1.54, 1.807) is 0 Å². The fourth-order valence-electron chi connectivity index (χ4n) is 3.95. The molecule has 1 N–H and O–H groups in total. The van der Waals surface area contributed by atoms with E-state index < -0.39 is 0 Å². The van der Waals surface area contributed by atoms with E-state index >= 15 is 0 Å². The van der Waals surface area contributed by atoms with E-state index in [0.717, 1.165) is 23.6 Å². The summed E-state index contributed by atoms with van der Waals surface area (Å²) >= 11 is 1.41. The van der Waals surface area contributed by atoms with Crippen LogP contribution in [0, 0.1) is 0 Å². The summed E-state index contributed by atoms with van der Waals surface area (Å²) in [6.07, 6.45) is 5.96. The summed E-state index contributed by atoms with van der Waals surface area (Å²) in [6, 6.07) is 14.8. The number of thioether (sulfide) groups is 1. The number of aromatic nitrogens is 4. The third-order valence-corrected chi connectivity index (χ3v) is 6.32. The second kappa shape index (κ2) is 8.73. The average Bonchev–Trinajstić information content (AvgIpc) is 3.21. The molecule has 1 amide bonds. The molecule has 0 bridgehead atoms. The monoisotopic (exact) mass is 395 g/mol. The van der Waals surface area contributed by atoms with Crippen molar-refractivity contribution >= 4 is 28.4 Å². The maximum Gasteiger partial charge on any atom is 0.230 e. The molecule has 6 nitrogen and oxygen atoms in total. The SMILES string of the molecule is CC(NC(=O)CSc1nnnn1C1CCCCC1)c1cccc2ccccc12. The van der Waals surface area contributed by atoms with Crippen LogP contribution in [0.3, 0.4) is 0 Å². The fourth-order valence-corrected chi connectivity index (χ4v) is 4.71. The Morgan fingerprint density at radius 2 is 1.96 bits per heavy atom. The minimum absolute atomic E-state index is 0.0105. The predicted octanol–water partition coefficient (Wildman–Crippen LogP) is 4.30. The minimum Gasteiger partial charge on any atom is -0.349 e. The van der Waals surface area contributed by atoms with E-state index in [2.05, 4.69) is 45.1 Å². The van der Waals surface area contributed by atoms with Gasteiger partial charge in [-0.1, -0.05) is 73.5 Å². The van der Waals surface area contributed by atoms with Crippen LogP contribution in [-0.2, 0) is 4.79 Å². The summed E-state index contributed by atoms with van der Waals surface area (Å²) in [5.74, 6) is 0.297. The Labute approximate surface area is 169 Å². The lowest BCUT2D eigenvalue weighted by molar-refractivity contribution is -0.119. The van der Waals surface area contributed by atoms with Crippen molar-refractivity contribution in [3.8, 4) is 0 Å². The van der Waals surface area contributed by atoms with Crippen molar-refractivity contribution in [1.82, 2.24) is 25.5 Å². The molecule has 28 heavy (non-hydrogen) atoms. The molecule has 1 aromatic heterocycles. The lowest BCUT2D eigenvalue weighted by atomic mass is 9.96. The van der Waals surface area contributed by atoms with E-state index in [1.165, 1.54) is 41.8 Å². The molecule has 0 saturated heterocycles.